The van der Waals surface area contributed by atoms with Gasteiger partial charge >= 0.3 is 0 Å². The second kappa shape index (κ2) is 6.41. The third-order valence-corrected chi connectivity index (χ3v) is 4.00. The van der Waals surface area contributed by atoms with E-state index in [-0.39, 0.29) is 11.9 Å². The SMILES string of the molecule is CCC1C=CCN1C(=O)c1cc(CN2CCOCC2)on1. The van der Waals surface area contributed by atoms with Crippen LogP contribution in [0.25, 0.3) is 0 Å². The van der Waals surface area contributed by atoms with Gasteiger partial charge in [-0.25, -0.2) is 0 Å². The first-order valence-electron chi connectivity index (χ1n) is 7.51. The predicted octanol–water partition coefficient (Wildman–Crippen LogP) is 1.30. The third-order valence-electron chi connectivity index (χ3n) is 4.00. The Balaban J connectivity index is 1.62. The maximum absolute atomic E-state index is 12.5. The average molecular weight is 291 g/mol. The summed E-state index contributed by atoms with van der Waals surface area (Å²) in [6.07, 6.45) is 5.02. The van der Waals surface area contributed by atoms with E-state index in [1.165, 1.54) is 0 Å². The van der Waals surface area contributed by atoms with E-state index < -0.39 is 0 Å². The Morgan fingerprint density at radius 1 is 1.43 bits per heavy atom. The number of rotatable bonds is 4. The Hall–Kier alpha value is -1.66. The van der Waals surface area contributed by atoms with Crippen LogP contribution in [0.4, 0.5) is 0 Å². The molecule has 3 heterocycles. The highest BCUT2D eigenvalue weighted by molar-refractivity contribution is 5.93. The van der Waals surface area contributed by atoms with Crippen LogP contribution in [0.2, 0.25) is 0 Å². The first kappa shape index (κ1) is 14.3. The molecule has 6 heteroatoms. The largest absolute Gasteiger partial charge is 0.379 e. The fourth-order valence-electron chi connectivity index (χ4n) is 2.78. The van der Waals surface area contributed by atoms with Gasteiger partial charge in [-0.2, -0.15) is 0 Å². The number of amides is 1. The molecule has 2 aliphatic heterocycles. The predicted molar refractivity (Wildman–Crippen MR) is 76.9 cm³/mol. The summed E-state index contributed by atoms with van der Waals surface area (Å²) >= 11 is 0. The molecule has 0 spiro atoms. The van der Waals surface area contributed by atoms with E-state index in [9.17, 15) is 4.79 Å². The molecule has 1 aromatic heterocycles. The van der Waals surface area contributed by atoms with Crippen LogP contribution >= 0.6 is 0 Å². The first-order chi connectivity index (χ1) is 10.3. The lowest BCUT2D eigenvalue weighted by Crippen LogP contribution is -2.36. The Kier molecular flexibility index (Phi) is 4.36. The zero-order chi connectivity index (χ0) is 14.7. The quantitative estimate of drug-likeness (QED) is 0.783. The summed E-state index contributed by atoms with van der Waals surface area (Å²) in [5.41, 5.74) is 0.403. The molecular weight excluding hydrogens is 270 g/mol. The van der Waals surface area contributed by atoms with Crippen molar-refractivity contribution >= 4 is 5.91 Å². The van der Waals surface area contributed by atoms with E-state index in [0.29, 0.717) is 18.8 Å². The normalized spacial score (nSPS) is 22.9. The molecule has 3 rings (SSSR count). The summed E-state index contributed by atoms with van der Waals surface area (Å²) in [7, 11) is 0. The smallest absolute Gasteiger partial charge is 0.276 e. The first-order valence-corrected chi connectivity index (χ1v) is 7.51. The lowest BCUT2D eigenvalue weighted by molar-refractivity contribution is 0.0305. The van der Waals surface area contributed by atoms with Gasteiger partial charge in [0.1, 0.15) is 0 Å². The fourth-order valence-corrected chi connectivity index (χ4v) is 2.78. The molecule has 1 amide bonds. The van der Waals surface area contributed by atoms with Gasteiger partial charge < -0.3 is 14.2 Å². The summed E-state index contributed by atoms with van der Waals surface area (Å²) < 4.78 is 10.6. The van der Waals surface area contributed by atoms with Crippen LogP contribution in [-0.2, 0) is 11.3 Å². The fraction of sp³-hybridized carbons (Fsp3) is 0.600. The molecular formula is C15H21N3O3. The number of morpholine rings is 1. The van der Waals surface area contributed by atoms with Gasteiger partial charge in [-0.3, -0.25) is 9.69 Å². The summed E-state index contributed by atoms with van der Waals surface area (Å²) in [4.78, 5) is 16.5. The Bertz CT molecular complexity index is 520. The second-order valence-electron chi connectivity index (χ2n) is 5.43. The minimum absolute atomic E-state index is 0.0520. The molecule has 0 aliphatic carbocycles. The van der Waals surface area contributed by atoms with Crippen molar-refractivity contribution < 1.29 is 14.1 Å². The minimum atomic E-state index is -0.0520. The molecule has 0 bridgehead atoms. The van der Waals surface area contributed by atoms with E-state index >= 15 is 0 Å². The Labute approximate surface area is 124 Å². The van der Waals surface area contributed by atoms with E-state index in [1.54, 1.807) is 6.07 Å². The summed E-state index contributed by atoms with van der Waals surface area (Å²) in [5, 5.41) is 3.94. The van der Waals surface area contributed by atoms with Crippen molar-refractivity contribution in [3.63, 3.8) is 0 Å². The van der Waals surface area contributed by atoms with Crippen molar-refractivity contribution in [1.82, 2.24) is 15.0 Å². The van der Waals surface area contributed by atoms with E-state index in [4.69, 9.17) is 9.26 Å². The number of hydrogen-bond acceptors (Lipinski definition) is 5. The minimum Gasteiger partial charge on any atom is -0.379 e. The van der Waals surface area contributed by atoms with Crippen LogP contribution in [0.15, 0.2) is 22.7 Å². The molecule has 0 N–H and O–H groups in total. The van der Waals surface area contributed by atoms with Gasteiger partial charge in [0.15, 0.2) is 11.5 Å². The summed E-state index contributed by atoms with van der Waals surface area (Å²) in [6, 6.07) is 1.94. The molecule has 1 saturated heterocycles. The highest BCUT2D eigenvalue weighted by Gasteiger charge is 2.27. The van der Waals surface area contributed by atoms with E-state index in [2.05, 4.69) is 23.1 Å². The highest BCUT2D eigenvalue weighted by Crippen LogP contribution is 2.17. The van der Waals surface area contributed by atoms with Gasteiger partial charge in [-0.05, 0) is 6.42 Å². The molecule has 0 radical (unpaired) electrons. The number of nitrogens with zero attached hydrogens (tertiary/aromatic N) is 3. The van der Waals surface area contributed by atoms with Crippen LogP contribution in [0.3, 0.4) is 0 Å². The molecule has 2 aliphatic rings. The monoisotopic (exact) mass is 291 g/mol. The topological polar surface area (TPSA) is 58.8 Å². The Morgan fingerprint density at radius 2 is 2.24 bits per heavy atom. The lowest BCUT2D eigenvalue weighted by Gasteiger charge is -2.25. The van der Waals surface area contributed by atoms with Gasteiger partial charge in [0.25, 0.3) is 5.91 Å². The van der Waals surface area contributed by atoms with Gasteiger partial charge in [0, 0.05) is 25.7 Å². The van der Waals surface area contributed by atoms with Crippen LogP contribution in [-0.4, -0.2) is 59.8 Å². The van der Waals surface area contributed by atoms with Crippen LogP contribution < -0.4 is 0 Å². The maximum Gasteiger partial charge on any atom is 0.276 e. The number of hydrogen-bond donors (Lipinski definition) is 0. The second-order valence-corrected chi connectivity index (χ2v) is 5.43. The lowest BCUT2D eigenvalue weighted by atomic mass is 10.2. The molecule has 0 saturated carbocycles. The van der Waals surface area contributed by atoms with Crippen LogP contribution in [0.1, 0.15) is 29.6 Å². The highest BCUT2D eigenvalue weighted by atomic mass is 16.5. The number of carbonyl (C=O) groups is 1. The van der Waals surface area contributed by atoms with Crippen molar-refractivity contribution in [1.29, 1.82) is 0 Å². The van der Waals surface area contributed by atoms with Crippen LogP contribution in [0.5, 0.6) is 0 Å². The van der Waals surface area contributed by atoms with E-state index in [0.717, 1.165) is 38.5 Å². The van der Waals surface area contributed by atoms with Crippen LogP contribution in [0, 0.1) is 0 Å². The maximum atomic E-state index is 12.5. The number of ether oxygens (including phenoxy) is 1. The van der Waals surface area contributed by atoms with Crippen molar-refractivity contribution in [2.75, 3.05) is 32.8 Å². The van der Waals surface area contributed by atoms with Gasteiger partial charge in [0.05, 0.1) is 25.8 Å². The van der Waals surface area contributed by atoms with Gasteiger partial charge in [0.2, 0.25) is 0 Å². The molecule has 0 aromatic carbocycles. The van der Waals surface area contributed by atoms with Gasteiger partial charge in [-0.1, -0.05) is 24.2 Å². The van der Waals surface area contributed by atoms with Crippen molar-refractivity contribution in [2.24, 2.45) is 0 Å². The molecule has 1 aromatic rings. The third kappa shape index (κ3) is 3.16. The molecule has 1 fully saturated rings. The number of carbonyl (C=O) groups excluding carboxylic acids is 1. The Morgan fingerprint density at radius 3 is 3.00 bits per heavy atom. The van der Waals surface area contributed by atoms with Gasteiger partial charge in [-0.15, -0.1) is 0 Å². The molecule has 1 unspecified atom stereocenters. The zero-order valence-corrected chi connectivity index (χ0v) is 12.3. The zero-order valence-electron chi connectivity index (χ0n) is 12.3. The van der Waals surface area contributed by atoms with Crippen molar-refractivity contribution in [3.05, 3.63) is 29.7 Å². The standard InChI is InChI=1S/C15H21N3O3/c1-2-12-4-3-5-18(12)15(19)14-10-13(21-16-14)11-17-6-8-20-9-7-17/h3-4,10,12H,2,5-9,11H2,1H3. The van der Waals surface area contributed by atoms with Crippen molar-refractivity contribution in [2.45, 2.75) is 25.9 Å². The molecule has 114 valence electrons. The molecule has 1 atom stereocenters. The molecule has 21 heavy (non-hydrogen) atoms. The summed E-state index contributed by atoms with van der Waals surface area (Å²) in [6.45, 7) is 6.68. The molecule has 6 nitrogen and oxygen atoms in total. The number of aromatic nitrogens is 1. The van der Waals surface area contributed by atoms with Crippen molar-refractivity contribution in [3.8, 4) is 0 Å². The average Bonchev–Trinajstić information content (AvgIpc) is 3.16. The van der Waals surface area contributed by atoms with E-state index in [1.807, 2.05) is 11.0 Å². The summed E-state index contributed by atoms with van der Waals surface area (Å²) in [5.74, 6) is 0.685.